The van der Waals surface area contributed by atoms with E-state index in [0.717, 1.165) is 18.5 Å². The fourth-order valence-corrected chi connectivity index (χ4v) is 2.11. The first kappa shape index (κ1) is 19.6. The maximum atomic E-state index is 11.5. The first-order valence-electron chi connectivity index (χ1n) is 8.14. The van der Waals surface area contributed by atoms with Crippen molar-refractivity contribution in [3.8, 4) is 11.5 Å². The van der Waals surface area contributed by atoms with Crippen LogP contribution >= 0.6 is 0 Å². The zero-order valence-corrected chi connectivity index (χ0v) is 14.9. The summed E-state index contributed by atoms with van der Waals surface area (Å²) in [6, 6.07) is 5.85. The quantitative estimate of drug-likeness (QED) is 0.462. The lowest BCUT2D eigenvalue weighted by atomic mass is 10.1. The van der Waals surface area contributed by atoms with Gasteiger partial charge in [-0.3, -0.25) is 4.79 Å². The van der Waals surface area contributed by atoms with Gasteiger partial charge in [0.05, 0.1) is 14.2 Å². The molecule has 0 aliphatic carbocycles. The number of carbonyl (C=O) groups excluding carboxylic acids is 1. The topological polar surface area (TPSA) is 84.0 Å². The van der Waals surface area contributed by atoms with E-state index in [-0.39, 0.29) is 12.5 Å². The summed E-state index contributed by atoms with van der Waals surface area (Å²) in [5.74, 6) is 1.97. The molecule has 0 fully saturated rings. The van der Waals surface area contributed by atoms with Gasteiger partial charge in [0, 0.05) is 19.6 Å². The molecule has 0 bridgehead atoms. The van der Waals surface area contributed by atoms with E-state index in [9.17, 15) is 4.79 Å². The van der Waals surface area contributed by atoms with Crippen LogP contribution in [0.4, 0.5) is 0 Å². The first-order chi connectivity index (χ1) is 11.6. The van der Waals surface area contributed by atoms with Crippen LogP contribution in [-0.2, 0) is 11.2 Å². The van der Waals surface area contributed by atoms with Gasteiger partial charge in [0.25, 0.3) is 0 Å². The molecule has 134 valence electrons. The van der Waals surface area contributed by atoms with Crippen LogP contribution in [-0.4, -0.2) is 52.3 Å². The van der Waals surface area contributed by atoms with Crippen molar-refractivity contribution in [2.45, 2.75) is 20.3 Å². The summed E-state index contributed by atoms with van der Waals surface area (Å²) < 4.78 is 10.5. The van der Waals surface area contributed by atoms with Crippen LogP contribution < -0.4 is 25.4 Å². The molecule has 0 unspecified atom stereocenters. The molecule has 3 N–H and O–H groups in total. The molecular formula is C17H28N4O3. The zero-order chi connectivity index (χ0) is 17.8. The standard InChI is InChI=1S/C17H28N4O3/c1-5-18-16(22)12-21-17(19-6-2)20-10-9-13-7-8-14(23-3)15(11-13)24-4/h7-8,11H,5-6,9-10,12H2,1-4H3,(H,18,22)(H2,19,20,21). The molecule has 0 saturated heterocycles. The molecule has 0 atom stereocenters. The van der Waals surface area contributed by atoms with Crippen LogP contribution in [0.15, 0.2) is 23.2 Å². The fraction of sp³-hybridized carbons (Fsp3) is 0.529. The normalized spacial score (nSPS) is 10.9. The Morgan fingerprint density at radius 1 is 1.04 bits per heavy atom. The molecule has 1 aromatic carbocycles. The summed E-state index contributed by atoms with van der Waals surface area (Å²) in [6.45, 7) is 6.01. The van der Waals surface area contributed by atoms with Crippen molar-refractivity contribution in [3.63, 3.8) is 0 Å². The number of carbonyl (C=O) groups is 1. The third-order valence-corrected chi connectivity index (χ3v) is 3.25. The highest BCUT2D eigenvalue weighted by molar-refractivity contribution is 5.84. The second-order valence-electron chi connectivity index (χ2n) is 5.01. The van der Waals surface area contributed by atoms with Gasteiger partial charge in [0.2, 0.25) is 5.91 Å². The first-order valence-corrected chi connectivity index (χ1v) is 8.14. The summed E-state index contributed by atoms with van der Waals surface area (Å²) in [5.41, 5.74) is 1.12. The number of nitrogens with zero attached hydrogens (tertiary/aromatic N) is 1. The van der Waals surface area contributed by atoms with Gasteiger partial charge in [-0.15, -0.1) is 0 Å². The number of benzene rings is 1. The van der Waals surface area contributed by atoms with Gasteiger partial charge in [0.15, 0.2) is 17.5 Å². The average Bonchev–Trinajstić information content (AvgIpc) is 2.59. The summed E-state index contributed by atoms with van der Waals surface area (Å²) in [5, 5.41) is 9.06. The van der Waals surface area contributed by atoms with E-state index in [1.807, 2.05) is 32.0 Å². The fourth-order valence-electron chi connectivity index (χ4n) is 2.11. The highest BCUT2D eigenvalue weighted by Gasteiger charge is 2.05. The maximum Gasteiger partial charge on any atom is 0.241 e. The van der Waals surface area contributed by atoms with Crippen molar-refractivity contribution in [2.75, 3.05) is 40.4 Å². The molecule has 7 nitrogen and oxygen atoms in total. The number of ether oxygens (including phenoxy) is 2. The molecule has 1 aromatic rings. The van der Waals surface area contributed by atoms with Gasteiger partial charge in [0.1, 0.15) is 6.54 Å². The van der Waals surface area contributed by atoms with Crippen LogP contribution in [0.25, 0.3) is 0 Å². The minimum Gasteiger partial charge on any atom is -0.493 e. The molecule has 0 spiro atoms. The lowest BCUT2D eigenvalue weighted by Gasteiger charge is -2.12. The second kappa shape index (κ2) is 11.2. The Morgan fingerprint density at radius 2 is 1.75 bits per heavy atom. The van der Waals surface area contributed by atoms with Crippen LogP contribution in [0.5, 0.6) is 11.5 Å². The summed E-state index contributed by atoms with van der Waals surface area (Å²) >= 11 is 0. The molecule has 0 saturated carbocycles. The van der Waals surface area contributed by atoms with E-state index in [0.29, 0.717) is 30.5 Å². The third kappa shape index (κ3) is 6.76. The summed E-state index contributed by atoms with van der Waals surface area (Å²) in [4.78, 5) is 15.7. The maximum absolute atomic E-state index is 11.5. The number of nitrogens with one attached hydrogen (secondary N) is 3. The highest BCUT2D eigenvalue weighted by Crippen LogP contribution is 2.27. The molecule has 0 radical (unpaired) electrons. The van der Waals surface area contributed by atoms with Gasteiger partial charge >= 0.3 is 0 Å². The molecule has 0 aliphatic heterocycles. The SMILES string of the molecule is CCNC(=O)CN=C(NCC)NCCc1ccc(OC)c(OC)c1. The second-order valence-corrected chi connectivity index (χ2v) is 5.01. The van der Waals surface area contributed by atoms with Gasteiger partial charge in [-0.1, -0.05) is 6.07 Å². The van der Waals surface area contributed by atoms with Crippen molar-refractivity contribution < 1.29 is 14.3 Å². The summed E-state index contributed by atoms with van der Waals surface area (Å²) in [7, 11) is 3.24. The van der Waals surface area contributed by atoms with Gasteiger partial charge in [-0.05, 0) is 38.0 Å². The molecular weight excluding hydrogens is 308 g/mol. The van der Waals surface area contributed by atoms with Crippen molar-refractivity contribution in [3.05, 3.63) is 23.8 Å². The number of rotatable bonds is 9. The van der Waals surface area contributed by atoms with Crippen LogP contribution in [0, 0.1) is 0 Å². The Labute approximate surface area is 143 Å². The molecule has 7 heteroatoms. The number of likely N-dealkylation sites (N-methyl/N-ethyl adjacent to an activating group) is 1. The van der Waals surface area contributed by atoms with E-state index in [1.54, 1.807) is 14.2 Å². The van der Waals surface area contributed by atoms with Crippen molar-refractivity contribution >= 4 is 11.9 Å². The number of methoxy groups -OCH3 is 2. The number of aliphatic imine (C=N–C) groups is 1. The third-order valence-electron chi connectivity index (χ3n) is 3.25. The predicted octanol–water partition coefficient (Wildman–Crippen LogP) is 0.938. The number of hydrogen-bond donors (Lipinski definition) is 3. The molecule has 0 aromatic heterocycles. The van der Waals surface area contributed by atoms with Crippen molar-refractivity contribution in [1.82, 2.24) is 16.0 Å². The lowest BCUT2D eigenvalue weighted by molar-refractivity contribution is -0.119. The molecule has 24 heavy (non-hydrogen) atoms. The minimum absolute atomic E-state index is 0.0883. The monoisotopic (exact) mass is 336 g/mol. The Bertz CT molecular complexity index is 547. The van der Waals surface area contributed by atoms with Crippen LogP contribution in [0.3, 0.4) is 0 Å². The van der Waals surface area contributed by atoms with Gasteiger partial charge in [-0.2, -0.15) is 0 Å². The Balaban J connectivity index is 2.55. The minimum atomic E-state index is -0.0883. The van der Waals surface area contributed by atoms with Crippen LogP contribution in [0.2, 0.25) is 0 Å². The average molecular weight is 336 g/mol. The highest BCUT2D eigenvalue weighted by atomic mass is 16.5. The summed E-state index contributed by atoms with van der Waals surface area (Å²) in [6.07, 6.45) is 0.798. The molecule has 0 aliphatic rings. The number of guanidine groups is 1. The van der Waals surface area contributed by atoms with E-state index in [1.165, 1.54) is 0 Å². The van der Waals surface area contributed by atoms with E-state index < -0.39 is 0 Å². The Kier molecular flexibility index (Phi) is 9.11. The number of amides is 1. The van der Waals surface area contributed by atoms with Gasteiger partial charge in [-0.25, -0.2) is 4.99 Å². The van der Waals surface area contributed by atoms with Crippen molar-refractivity contribution in [2.24, 2.45) is 4.99 Å². The molecule has 1 amide bonds. The molecule has 0 heterocycles. The Morgan fingerprint density at radius 3 is 2.38 bits per heavy atom. The number of hydrogen-bond acceptors (Lipinski definition) is 4. The van der Waals surface area contributed by atoms with Crippen molar-refractivity contribution in [1.29, 1.82) is 0 Å². The molecule has 1 rings (SSSR count). The van der Waals surface area contributed by atoms with Crippen LogP contribution in [0.1, 0.15) is 19.4 Å². The van der Waals surface area contributed by atoms with E-state index in [2.05, 4.69) is 20.9 Å². The van der Waals surface area contributed by atoms with E-state index >= 15 is 0 Å². The largest absolute Gasteiger partial charge is 0.493 e. The lowest BCUT2D eigenvalue weighted by Crippen LogP contribution is -2.39. The predicted molar refractivity (Wildman–Crippen MR) is 95.9 cm³/mol. The van der Waals surface area contributed by atoms with Gasteiger partial charge < -0.3 is 25.4 Å². The smallest absolute Gasteiger partial charge is 0.241 e. The zero-order valence-electron chi connectivity index (χ0n) is 14.9. The Hall–Kier alpha value is -2.44. The van der Waals surface area contributed by atoms with E-state index in [4.69, 9.17) is 9.47 Å².